The quantitative estimate of drug-likeness (QED) is 0.755. The van der Waals surface area contributed by atoms with Crippen LogP contribution in [0.15, 0.2) is 17.5 Å². The van der Waals surface area contributed by atoms with E-state index in [1.54, 1.807) is 0 Å². The lowest BCUT2D eigenvalue weighted by Crippen LogP contribution is -2.52. The zero-order valence-corrected chi connectivity index (χ0v) is 9.01. The van der Waals surface area contributed by atoms with Crippen molar-refractivity contribution in [2.24, 2.45) is 0 Å². The summed E-state index contributed by atoms with van der Waals surface area (Å²) in [6.45, 7) is 4.70. The molecule has 0 spiro atoms. The monoisotopic (exact) mass is 210 g/mol. The van der Waals surface area contributed by atoms with Crippen molar-refractivity contribution < 1.29 is 4.79 Å². The molecule has 1 aromatic rings. The van der Waals surface area contributed by atoms with Crippen LogP contribution in [-0.2, 0) is 0 Å². The second kappa shape index (κ2) is 4.11. The average molecular weight is 210 g/mol. The summed E-state index contributed by atoms with van der Waals surface area (Å²) in [5, 5.41) is 5.22. The van der Waals surface area contributed by atoms with Crippen molar-refractivity contribution in [2.75, 3.05) is 19.6 Å². The van der Waals surface area contributed by atoms with Crippen molar-refractivity contribution in [3.05, 3.63) is 22.4 Å². The predicted molar refractivity (Wildman–Crippen MR) is 57.7 cm³/mol. The van der Waals surface area contributed by atoms with E-state index < -0.39 is 0 Å². The van der Waals surface area contributed by atoms with Crippen LogP contribution < -0.4 is 5.32 Å². The van der Waals surface area contributed by atoms with Crippen LogP contribution in [0, 0.1) is 0 Å². The average Bonchev–Trinajstić information content (AvgIpc) is 2.70. The first-order valence-corrected chi connectivity index (χ1v) is 5.72. The molecule has 1 aliphatic rings. The van der Waals surface area contributed by atoms with Gasteiger partial charge in [0, 0.05) is 25.7 Å². The molecule has 0 radical (unpaired) electrons. The van der Waals surface area contributed by atoms with E-state index in [2.05, 4.69) is 12.2 Å². The lowest BCUT2D eigenvalue weighted by molar-refractivity contribution is 0.0661. The highest BCUT2D eigenvalue weighted by Gasteiger charge is 2.24. The van der Waals surface area contributed by atoms with Crippen LogP contribution in [0.1, 0.15) is 16.6 Å². The van der Waals surface area contributed by atoms with Crippen molar-refractivity contribution in [3.63, 3.8) is 0 Å². The predicted octanol–water partition coefficient (Wildman–Crippen LogP) is 1.18. The summed E-state index contributed by atoms with van der Waals surface area (Å²) in [7, 11) is 0. The van der Waals surface area contributed by atoms with Crippen molar-refractivity contribution in [1.82, 2.24) is 10.2 Å². The number of nitrogens with one attached hydrogen (secondary N) is 1. The Labute approximate surface area is 87.7 Å². The van der Waals surface area contributed by atoms with E-state index >= 15 is 0 Å². The number of hydrogen-bond donors (Lipinski definition) is 1. The molecule has 0 aromatic carbocycles. The Hall–Kier alpha value is -0.870. The normalized spacial score (nSPS) is 22.4. The third-order valence-electron chi connectivity index (χ3n) is 2.49. The molecule has 2 rings (SSSR count). The molecule has 1 fully saturated rings. The van der Waals surface area contributed by atoms with Crippen LogP contribution in [0.5, 0.6) is 0 Å². The Kier molecular flexibility index (Phi) is 2.84. The summed E-state index contributed by atoms with van der Waals surface area (Å²) in [5.74, 6) is 0.175. The Morgan fingerprint density at radius 1 is 1.71 bits per heavy atom. The Bertz CT molecular complexity index is 310. The van der Waals surface area contributed by atoms with E-state index in [-0.39, 0.29) is 5.91 Å². The first-order valence-electron chi connectivity index (χ1n) is 4.84. The van der Waals surface area contributed by atoms with Gasteiger partial charge in [-0.15, -0.1) is 11.3 Å². The molecule has 0 saturated carbocycles. The summed E-state index contributed by atoms with van der Waals surface area (Å²) in [4.78, 5) is 14.8. The Morgan fingerprint density at radius 3 is 3.21 bits per heavy atom. The third kappa shape index (κ3) is 1.81. The van der Waals surface area contributed by atoms with E-state index in [0.29, 0.717) is 6.04 Å². The third-order valence-corrected chi connectivity index (χ3v) is 3.35. The molecule has 1 N–H and O–H groups in total. The molecule has 76 valence electrons. The molecule has 3 nitrogen and oxygen atoms in total. The van der Waals surface area contributed by atoms with Gasteiger partial charge >= 0.3 is 0 Å². The van der Waals surface area contributed by atoms with Crippen LogP contribution in [0.25, 0.3) is 0 Å². The SMILES string of the molecule is CC1CNCCN1C(=O)c1cccs1. The summed E-state index contributed by atoms with van der Waals surface area (Å²) in [6, 6.07) is 4.12. The maximum absolute atomic E-state index is 12.0. The lowest BCUT2D eigenvalue weighted by atomic mass is 10.2. The van der Waals surface area contributed by atoms with Crippen molar-refractivity contribution in [2.45, 2.75) is 13.0 Å². The first kappa shape index (κ1) is 9.68. The second-order valence-electron chi connectivity index (χ2n) is 3.53. The minimum absolute atomic E-state index is 0.175. The van der Waals surface area contributed by atoms with Crippen LogP contribution >= 0.6 is 11.3 Å². The summed E-state index contributed by atoms with van der Waals surface area (Å²) in [6.07, 6.45) is 0. The fourth-order valence-electron chi connectivity index (χ4n) is 1.68. The van der Waals surface area contributed by atoms with E-state index in [1.807, 2.05) is 22.4 Å². The molecule has 0 bridgehead atoms. The van der Waals surface area contributed by atoms with E-state index in [0.717, 1.165) is 24.5 Å². The molecule has 1 atom stereocenters. The first-order chi connectivity index (χ1) is 6.79. The molecular weight excluding hydrogens is 196 g/mol. The van der Waals surface area contributed by atoms with Gasteiger partial charge in [0.05, 0.1) is 4.88 Å². The number of piperazine rings is 1. The lowest BCUT2D eigenvalue weighted by Gasteiger charge is -2.33. The molecule has 1 aromatic heterocycles. The number of hydrogen-bond acceptors (Lipinski definition) is 3. The minimum atomic E-state index is 0.175. The molecule has 14 heavy (non-hydrogen) atoms. The van der Waals surface area contributed by atoms with Gasteiger partial charge in [-0.1, -0.05) is 6.07 Å². The fourth-order valence-corrected chi connectivity index (χ4v) is 2.36. The summed E-state index contributed by atoms with van der Waals surface area (Å²) < 4.78 is 0. The number of rotatable bonds is 1. The fraction of sp³-hybridized carbons (Fsp3) is 0.500. The van der Waals surface area contributed by atoms with Crippen LogP contribution in [0.3, 0.4) is 0 Å². The van der Waals surface area contributed by atoms with Crippen molar-refractivity contribution >= 4 is 17.2 Å². The van der Waals surface area contributed by atoms with Gasteiger partial charge in [0.1, 0.15) is 0 Å². The Balaban J connectivity index is 2.10. The highest BCUT2D eigenvalue weighted by Crippen LogP contribution is 2.14. The van der Waals surface area contributed by atoms with Gasteiger partial charge < -0.3 is 10.2 Å². The van der Waals surface area contributed by atoms with E-state index in [4.69, 9.17) is 0 Å². The Morgan fingerprint density at radius 2 is 2.57 bits per heavy atom. The highest BCUT2D eigenvalue weighted by atomic mass is 32.1. The van der Waals surface area contributed by atoms with Gasteiger partial charge in [-0.3, -0.25) is 4.79 Å². The standard InChI is InChI=1S/C10H14N2OS/c1-8-7-11-4-5-12(8)10(13)9-3-2-6-14-9/h2-3,6,8,11H,4-5,7H2,1H3. The van der Waals surface area contributed by atoms with Crippen molar-refractivity contribution in [3.8, 4) is 0 Å². The van der Waals surface area contributed by atoms with E-state index in [1.165, 1.54) is 11.3 Å². The number of carbonyl (C=O) groups is 1. The van der Waals surface area contributed by atoms with Gasteiger partial charge in [0.15, 0.2) is 0 Å². The molecular formula is C10H14N2OS. The number of nitrogens with zero attached hydrogens (tertiary/aromatic N) is 1. The minimum Gasteiger partial charge on any atom is -0.333 e. The van der Waals surface area contributed by atoms with Crippen molar-refractivity contribution in [1.29, 1.82) is 0 Å². The maximum Gasteiger partial charge on any atom is 0.264 e. The van der Waals surface area contributed by atoms with Crippen LogP contribution in [-0.4, -0.2) is 36.5 Å². The van der Waals surface area contributed by atoms with Crippen LogP contribution in [0.4, 0.5) is 0 Å². The summed E-state index contributed by atoms with van der Waals surface area (Å²) >= 11 is 1.52. The second-order valence-corrected chi connectivity index (χ2v) is 4.48. The molecule has 0 aliphatic carbocycles. The van der Waals surface area contributed by atoms with Gasteiger partial charge in [-0.25, -0.2) is 0 Å². The van der Waals surface area contributed by atoms with Gasteiger partial charge in [-0.2, -0.15) is 0 Å². The highest BCUT2D eigenvalue weighted by molar-refractivity contribution is 7.12. The van der Waals surface area contributed by atoms with Gasteiger partial charge in [0.2, 0.25) is 0 Å². The molecule has 1 amide bonds. The molecule has 1 aliphatic heterocycles. The maximum atomic E-state index is 12.0. The number of amides is 1. The van der Waals surface area contributed by atoms with E-state index in [9.17, 15) is 4.79 Å². The smallest absolute Gasteiger partial charge is 0.264 e. The molecule has 1 unspecified atom stereocenters. The topological polar surface area (TPSA) is 32.3 Å². The zero-order valence-electron chi connectivity index (χ0n) is 8.19. The molecule has 1 saturated heterocycles. The number of thiophene rings is 1. The van der Waals surface area contributed by atoms with Crippen LogP contribution in [0.2, 0.25) is 0 Å². The van der Waals surface area contributed by atoms with Gasteiger partial charge in [-0.05, 0) is 18.4 Å². The number of carbonyl (C=O) groups excluding carboxylic acids is 1. The molecule has 4 heteroatoms. The zero-order chi connectivity index (χ0) is 9.97. The van der Waals surface area contributed by atoms with Gasteiger partial charge in [0.25, 0.3) is 5.91 Å². The summed E-state index contributed by atoms with van der Waals surface area (Å²) in [5.41, 5.74) is 0. The largest absolute Gasteiger partial charge is 0.333 e. The molecule has 2 heterocycles.